The van der Waals surface area contributed by atoms with Crippen LogP contribution in [0.5, 0.6) is 0 Å². The van der Waals surface area contributed by atoms with E-state index in [0.717, 1.165) is 0 Å². The van der Waals surface area contributed by atoms with Crippen LogP contribution in [0.1, 0.15) is 0 Å². The highest BCUT2D eigenvalue weighted by molar-refractivity contribution is 7.89. The minimum atomic E-state index is -3.86. The molecular formula is C10H14ClN3O4S. The van der Waals surface area contributed by atoms with Crippen molar-refractivity contribution < 1.29 is 17.9 Å². The summed E-state index contributed by atoms with van der Waals surface area (Å²) in [7, 11) is -3.86. The summed E-state index contributed by atoms with van der Waals surface area (Å²) in [5.41, 5.74) is 5.35. The van der Waals surface area contributed by atoms with Gasteiger partial charge < -0.3 is 15.8 Å². The van der Waals surface area contributed by atoms with Gasteiger partial charge in [0, 0.05) is 6.54 Å². The zero-order valence-electron chi connectivity index (χ0n) is 9.93. The van der Waals surface area contributed by atoms with Gasteiger partial charge in [0.1, 0.15) is 6.61 Å². The quantitative estimate of drug-likeness (QED) is 0.633. The zero-order valence-corrected chi connectivity index (χ0v) is 11.5. The molecule has 1 amide bonds. The standard InChI is InChI=1S/C10H14ClN3O4S/c11-8-2-1-7(19(13,16)17)5-9(8)14-10(15)6-18-4-3-12/h1-2,5H,3-4,6,12H2,(H,14,15)(H2,13,16,17). The largest absolute Gasteiger partial charge is 0.370 e. The van der Waals surface area contributed by atoms with Crippen LogP contribution < -0.4 is 16.2 Å². The molecule has 5 N–H and O–H groups in total. The van der Waals surface area contributed by atoms with Gasteiger partial charge in [0.2, 0.25) is 15.9 Å². The third-order valence-corrected chi connectivity index (χ3v) is 3.28. The molecule has 0 saturated carbocycles. The van der Waals surface area contributed by atoms with E-state index in [1.54, 1.807) is 0 Å². The van der Waals surface area contributed by atoms with Crippen LogP contribution in [0.4, 0.5) is 5.69 Å². The number of nitrogens with two attached hydrogens (primary N) is 2. The highest BCUT2D eigenvalue weighted by atomic mass is 35.5. The molecular weight excluding hydrogens is 294 g/mol. The highest BCUT2D eigenvalue weighted by Crippen LogP contribution is 2.24. The van der Waals surface area contributed by atoms with Gasteiger partial charge in [-0.05, 0) is 18.2 Å². The van der Waals surface area contributed by atoms with E-state index >= 15 is 0 Å². The molecule has 1 aromatic rings. The van der Waals surface area contributed by atoms with E-state index in [0.29, 0.717) is 6.54 Å². The van der Waals surface area contributed by atoms with Crippen LogP contribution in [0.15, 0.2) is 23.1 Å². The lowest BCUT2D eigenvalue weighted by Crippen LogP contribution is -2.21. The molecule has 0 radical (unpaired) electrons. The lowest BCUT2D eigenvalue weighted by molar-refractivity contribution is -0.120. The van der Waals surface area contributed by atoms with E-state index < -0.39 is 15.9 Å². The first-order valence-corrected chi connectivity index (χ1v) is 7.17. The predicted octanol–water partition coefficient (Wildman–Crippen LogP) is -0.0988. The van der Waals surface area contributed by atoms with Crippen molar-refractivity contribution in [3.8, 4) is 0 Å². The molecule has 0 heterocycles. The summed E-state index contributed by atoms with van der Waals surface area (Å²) in [5, 5.41) is 7.60. The number of anilines is 1. The molecule has 1 rings (SSSR count). The van der Waals surface area contributed by atoms with Crippen LogP contribution >= 0.6 is 11.6 Å². The first kappa shape index (κ1) is 15.9. The lowest BCUT2D eigenvalue weighted by Gasteiger charge is -2.09. The molecule has 9 heteroatoms. The van der Waals surface area contributed by atoms with Crippen molar-refractivity contribution in [2.45, 2.75) is 4.90 Å². The molecule has 0 aliphatic rings. The van der Waals surface area contributed by atoms with Crippen molar-refractivity contribution in [3.05, 3.63) is 23.2 Å². The summed E-state index contributed by atoms with van der Waals surface area (Å²) in [4.78, 5) is 11.3. The third kappa shape index (κ3) is 5.13. The fraction of sp³-hybridized carbons (Fsp3) is 0.300. The second kappa shape index (κ2) is 6.83. The molecule has 0 fully saturated rings. The number of rotatable bonds is 6. The van der Waals surface area contributed by atoms with E-state index in [4.69, 9.17) is 27.2 Å². The van der Waals surface area contributed by atoms with Gasteiger partial charge in [-0.2, -0.15) is 0 Å². The number of amides is 1. The molecule has 0 atom stereocenters. The number of halogens is 1. The smallest absolute Gasteiger partial charge is 0.250 e. The second-order valence-electron chi connectivity index (χ2n) is 3.58. The van der Waals surface area contributed by atoms with Gasteiger partial charge >= 0.3 is 0 Å². The van der Waals surface area contributed by atoms with E-state index in [2.05, 4.69) is 5.32 Å². The molecule has 0 aliphatic carbocycles. The second-order valence-corrected chi connectivity index (χ2v) is 5.54. The molecule has 0 unspecified atom stereocenters. The number of primary sulfonamides is 1. The summed E-state index contributed by atoms with van der Waals surface area (Å²) in [6.45, 7) is 0.348. The highest BCUT2D eigenvalue weighted by Gasteiger charge is 2.12. The minimum absolute atomic E-state index is 0.143. The van der Waals surface area contributed by atoms with Gasteiger partial charge in [-0.3, -0.25) is 4.79 Å². The van der Waals surface area contributed by atoms with Crippen LogP contribution in [0.2, 0.25) is 5.02 Å². The summed E-state index contributed by atoms with van der Waals surface area (Å²) in [6.07, 6.45) is 0. The fourth-order valence-corrected chi connectivity index (χ4v) is 1.92. The Kier molecular flexibility index (Phi) is 5.70. The van der Waals surface area contributed by atoms with Gasteiger partial charge in [0.15, 0.2) is 0 Å². The van der Waals surface area contributed by atoms with Gasteiger partial charge in [0.05, 0.1) is 22.2 Å². The van der Waals surface area contributed by atoms with Crippen LogP contribution in [-0.2, 0) is 19.6 Å². The van der Waals surface area contributed by atoms with Crippen LogP contribution in [0, 0.1) is 0 Å². The van der Waals surface area contributed by atoms with Gasteiger partial charge in [-0.1, -0.05) is 11.6 Å². The number of ether oxygens (including phenoxy) is 1. The number of nitrogens with one attached hydrogen (secondary N) is 1. The fourth-order valence-electron chi connectivity index (χ4n) is 1.21. The Hall–Kier alpha value is -1.19. The average molecular weight is 308 g/mol. The van der Waals surface area contributed by atoms with Crippen LogP contribution in [0.3, 0.4) is 0 Å². The molecule has 0 aliphatic heterocycles. The molecule has 7 nitrogen and oxygen atoms in total. The maximum Gasteiger partial charge on any atom is 0.250 e. The van der Waals surface area contributed by atoms with Crippen LogP contribution in [0.25, 0.3) is 0 Å². The van der Waals surface area contributed by atoms with E-state index in [1.807, 2.05) is 0 Å². The Labute approximate surface area is 115 Å². The molecule has 19 heavy (non-hydrogen) atoms. The Morgan fingerprint density at radius 1 is 1.42 bits per heavy atom. The average Bonchev–Trinajstić information content (AvgIpc) is 2.31. The molecule has 0 spiro atoms. The molecule has 0 saturated heterocycles. The van der Waals surface area contributed by atoms with Gasteiger partial charge in [-0.25, -0.2) is 13.6 Å². The molecule has 1 aromatic carbocycles. The van der Waals surface area contributed by atoms with Gasteiger partial charge in [-0.15, -0.1) is 0 Å². The van der Waals surface area contributed by atoms with Gasteiger partial charge in [0.25, 0.3) is 0 Å². The van der Waals surface area contributed by atoms with Crippen molar-refractivity contribution in [3.63, 3.8) is 0 Å². The monoisotopic (exact) mass is 307 g/mol. The number of benzene rings is 1. The third-order valence-electron chi connectivity index (χ3n) is 2.04. The van der Waals surface area contributed by atoms with E-state index in [-0.39, 0.29) is 28.8 Å². The van der Waals surface area contributed by atoms with Crippen LogP contribution in [-0.4, -0.2) is 34.1 Å². The van der Waals surface area contributed by atoms with Crippen molar-refractivity contribution in [2.24, 2.45) is 10.9 Å². The summed E-state index contributed by atoms with van der Waals surface area (Å²) in [6, 6.07) is 3.76. The van der Waals surface area contributed by atoms with E-state index in [9.17, 15) is 13.2 Å². The number of hydrogen-bond acceptors (Lipinski definition) is 5. The Morgan fingerprint density at radius 3 is 2.68 bits per heavy atom. The Bertz CT molecular complexity index is 562. The van der Waals surface area contributed by atoms with E-state index in [1.165, 1.54) is 18.2 Å². The molecule has 0 aromatic heterocycles. The number of sulfonamides is 1. The van der Waals surface area contributed by atoms with Crippen molar-refractivity contribution in [1.29, 1.82) is 0 Å². The molecule has 106 valence electrons. The number of carbonyl (C=O) groups excluding carboxylic acids is 1. The zero-order chi connectivity index (χ0) is 14.5. The van der Waals surface area contributed by atoms with Crippen molar-refractivity contribution in [2.75, 3.05) is 25.1 Å². The summed E-state index contributed by atoms with van der Waals surface area (Å²) in [5.74, 6) is -0.470. The minimum Gasteiger partial charge on any atom is -0.370 e. The summed E-state index contributed by atoms with van der Waals surface area (Å²) < 4.78 is 27.3. The lowest BCUT2D eigenvalue weighted by atomic mass is 10.3. The van der Waals surface area contributed by atoms with Crippen molar-refractivity contribution >= 4 is 33.2 Å². The first-order valence-electron chi connectivity index (χ1n) is 5.24. The first-order chi connectivity index (χ1) is 8.84. The number of hydrogen-bond donors (Lipinski definition) is 3. The Balaban J connectivity index is 2.80. The predicted molar refractivity (Wildman–Crippen MR) is 71.3 cm³/mol. The Morgan fingerprint density at radius 2 is 2.11 bits per heavy atom. The maximum absolute atomic E-state index is 11.5. The normalized spacial score (nSPS) is 11.3. The maximum atomic E-state index is 11.5. The SMILES string of the molecule is NCCOCC(=O)Nc1cc(S(N)(=O)=O)ccc1Cl. The summed E-state index contributed by atoms with van der Waals surface area (Å²) >= 11 is 5.84. The molecule has 0 bridgehead atoms. The number of carbonyl (C=O) groups is 1. The topological polar surface area (TPSA) is 125 Å². The van der Waals surface area contributed by atoms with Crippen molar-refractivity contribution in [1.82, 2.24) is 0 Å².